The Morgan fingerprint density at radius 3 is 2.38 bits per heavy atom. The molecule has 0 atom stereocenters. The standard InChI is InChI=1S/C26H34N2O4/c1-26(2,3)32-25(30)27-15-16-28(17-19-9-13-21(31-4)14-10-19)18-24(29)23-8-6-5-7-22(23)20-11-12-20/h5-10,13-14,20H,11-12,15-18H2,1-4H3,(H,27,30). The number of nitrogens with one attached hydrogen (secondary N) is 1. The van der Waals surface area contributed by atoms with Gasteiger partial charge in [-0.25, -0.2) is 4.79 Å². The number of Topliss-reactive ketones (excluding diaryl/α,β-unsaturated/α-hetero) is 1. The van der Waals surface area contributed by atoms with Gasteiger partial charge in [0.15, 0.2) is 5.78 Å². The summed E-state index contributed by atoms with van der Waals surface area (Å²) >= 11 is 0. The van der Waals surface area contributed by atoms with Crippen LogP contribution in [0.25, 0.3) is 0 Å². The molecule has 2 aromatic carbocycles. The molecular formula is C26H34N2O4. The van der Waals surface area contributed by atoms with Crippen LogP contribution in [0.2, 0.25) is 0 Å². The van der Waals surface area contributed by atoms with Gasteiger partial charge in [-0.1, -0.05) is 36.4 Å². The van der Waals surface area contributed by atoms with Crippen LogP contribution in [0.3, 0.4) is 0 Å². The average molecular weight is 439 g/mol. The van der Waals surface area contributed by atoms with Crippen molar-refractivity contribution in [2.45, 2.75) is 51.7 Å². The van der Waals surface area contributed by atoms with Gasteiger partial charge in [-0.05, 0) is 62.8 Å². The summed E-state index contributed by atoms with van der Waals surface area (Å²) in [4.78, 5) is 27.3. The number of methoxy groups -OCH3 is 1. The molecule has 0 saturated heterocycles. The second-order valence-corrected chi connectivity index (χ2v) is 9.27. The number of ether oxygens (including phenoxy) is 2. The lowest BCUT2D eigenvalue weighted by molar-refractivity contribution is 0.0522. The van der Waals surface area contributed by atoms with Crippen LogP contribution in [0.15, 0.2) is 48.5 Å². The Morgan fingerprint density at radius 2 is 1.75 bits per heavy atom. The fourth-order valence-corrected chi connectivity index (χ4v) is 3.62. The quantitative estimate of drug-likeness (QED) is 0.541. The van der Waals surface area contributed by atoms with Gasteiger partial charge in [-0.3, -0.25) is 9.69 Å². The van der Waals surface area contributed by atoms with E-state index in [1.165, 1.54) is 0 Å². The zero-order chi connectivity index (χ0) is 23.1. The number of rotatable bonds is 10. The van der Waals surface area contributed by atoms with Crippen LogP contribution in [-0.4, -0.2) is 49.1 Å². The van der Waals surface area contributed by atoms with Crippen molar-refractivity contribution in [2.75, 3.05) is 26.7 Å². The van der Waals surface area contributed by atoms with E-state index in [0.717, 1.165) is 35.3 Å². The van der Waals surface area contributed by atoms with Crippen molar-refractivity contribution in [1.82, 2.24) is 10.2 Å². The molecule has 0 spiro atoms. The Bertz CT molecular complexity index is 914. The molecule has 0 bridgehead atoms. The maximum Gasteiger partial charge on any atom is 0.407 e. The number of benzene rings is 2. The summed E-state index contributed by atoms with van der Waals surface area (Å²) in [5.41, 5.74) is 2.50. The SMILES string of the molecule is COc1ccc(CN(CCNC(=O)OC(C)(C)C)CC(=O)c2ccccc2C2CC2)cc1. The first-order valence-electron chi connectivity index (χ1n) is 11.2. The first-order chi connectivity index (χ1) is 15.2. The first kappa shape index (κ1) is 23.8. The Hall–Kier alpha value is -2.86. The minimum absolute atomic E-state index is 0.110. The molecule has 0 aromatic heterocycles. The molecular weight excluding hydrogens is 404 g/mol. The van der Waals surface area contributed by atoms with E-state index in [4.69, 9.17) is 9.47 Å². The molecule has 1 aliphatic carbocycles. The molecule has 1 saturated carbocycles. The molecule has 0 radical (unpaired) electrons. The normalized spacial score (nSPS) is 13.7. The first-order valence-corrected chi connectivity index (χ1v) is 11.2. The van der Waals surface area contributed by atoms with Crippen molar-refractivity contribution >= 4 is 11.9 Å². The molecule has 0 unspecified atom stereocenters. The number of nitrogens with zero attached hydrogens (tertiary/aromatic N) is 1. The van der Waals surface area contributed by atoms with Crippen molar-refractivity contribution in [3.8, 4) is 5.75 Å². The van der Waals surface area contributed by atoms with Crippen LogP contribution >= 0.6 is 0 Å². The average Bonchev–Trinajstić information content (AvgIpc) is 3.58. The van der Waals surface area contributed by atoms with Crippen molar-refractivity contribution < 1.29 is 19.1 Å². The van der Waals surface area contributed by atoms with Crippen molar-refractivity contribution in [3.05, 3.63) is 65.2 Å². The van der Waals surface area contributed by atoms with Gasteiger partial charge in [0, 0.05) is 25.2 Å². The van der Waals surface area contributed by atoms with Gasteiger partial charge >= 0.3 is 6.09 Å². The zero-order valence-electron chi connectivity index (χ0n) is 19.5. The number of alkyl carbamates (subject to hydrolysis) is 1. The van der Waals surface area contributed by atoms with E-state index in [9.17, 15) is 9.59 Å². The summed E-state index contributed by atoms with van der Waals surface area (Å²) in [7, 11) is 1.64. The molecule has 1 N–H and O–H groups in total. The van der Waals surface area contributed by atoms with Crippen LogP contribution in [0.4, 0.5) is 4.79 Å². The third-order valence-corrected chi connectivity index (χ3v) is 5.31. The van der Waals surface area contributed by atoms with Crippen LogP contribution < -0.4 is 10.1 Å². The third kappa shape index (κ3) is 7.38. The summed E-state index contributed by atoms with van der Waals surface area (Å²) in [6.45, 7) is 7.30. The lowest BCUT2D eigenvalue weighted by Crippen LogP contribution is -2.39. The van der Waals surface area contributed by atoms with Crippen molar-refractivity contribution in [1.29, 1.82) is 0 Å². The van der Waals surface area contributed by atoms with E-state index in [0.29, 0.717) is 25.6 Å². The van der Waals surface area contributed by atoms with E-state index in [1.54, 1.807) is 7.11 Å². The van der Waals surface area contributed by atoms with Gasteiger partial charge in [-0.2, -0.15) is 0 Å². The number of hydrogen-bond acceptors (Lipinski definition) is 5. The predicted octanol–water partition coefficient (Wildman–Crippen LogP) is 4.78. The lowest BCUT2D eigenvalue weighted by Gasteiger charge is -2.24. The van der Waals surface area contributed by atoms with Gasteiger partial charge in [0.1, 0.15) is 11.4 Å². The van der Waals surface area contributed by atoms with E-state index in [2.05, 4.69) is 16.3 Å². The molecule has 6 nitrogen and oxygen atoms in total. The minimum Gasteiger partial charge on any atom is -0.497 e. The number of carbonyl (C=O) groups excluding carboxylic acids is 2. The minimum atomic E-state index is -0.546. The molecule has 1 aliphatic rings. The molecule has 1 fully saturated rings. The van der Waals surface area contributed by atoms with E-state index in [1.807, 2.05) is 63.2 Å². The van der Waals surface area contributed by atoms with Gasteiger partial charge in [0.25, 0.3) is 0 Å². The summed E-state index contributed by atoms with van der Waals surface area (Å²) in [6.07, 6.45) is 1.85. The number of carbonyl (C=O) groups is 2. The highest BCUT2D eigenvalue weighted by atomic mass is 16.6. The summed E-state index contributed by atoms with van der Waals surface area (Å²) in [5, 5.41) is 2.79. The number of ketones is 1. The fraction of sp³-hybridized carbons (Fsp3) is 0.462. The van der Waals surface area contributed by atoms with E-state index in [-0.39, 0.29) is 12.3 Å². The largest absolute Gasteiger partial charge is 0.497 e. The molecule has 0 aliphatic heterocycles. The second-order valence-electron chi connectivity index (χ2n) is 9.27. The van der Waals surface area contributed by atoms with Crippen molar-refractivity contribution in [2.24, 2.45) is 0 Å². The highest BCUT2D eigenvalue weighted by molar-refractivity contribution is 5.99. The maximum absolute atomic E-state index is 13.2. The zero-order valence-corrected chi connectivity index (χ0v) is 19.5. The molecule has 1 amide bonds. The van der Waals surface area contributed by atoms with Gasteiger partial charge in [-0.15, -0.1) is 0 Å². The highest BCUT2D eigenvalue weighted by Gasteiger charge is 2.28. The Balaban J connectivity index is 1.66. The molecule has 0 heterocycles. The number of hydrogen-bond donors (Lipinski definition) is 1. The Kier molecular flexibility index (Phi) is 7.91. The summed E-state index contributed by atoms with van der Waals surface area (Å²) in [5.74, 6) is 1.42. The van der Waals surface area contributed by atoms with Crippen LogP contribution in [0.5, 0.6) is 5.75 Å². The fourth-order valence-electron chi connectivity index (χ4n) is 3.62. The third-order valence-electron chi connectivity index (χ3n) is 5.31. The summed E-state index contributed by atoms with van der Waals surface area (Å²) < 4.78 is 10.6. The molecule has 6 heteroatoms. The van der Waals surface area contributed by atoms with E-state index < -0.39 is 11.7 Å². The smallest absolute Gasteiger partial charge is 0.407 e. The molecule has 3 rings (SSSR count). The van der Waals surface area contributed by atoms with Gasteiger partial charge < -0.3 is 14.8 Å². The molecule has 32 heavy (non-hydrogen) atoms. The maximum atomic E-state index is 13.2. The molecule has 172 valence electrons. The van der Waals surface area contributed by atoms with Crippen LogP contribution in [-0.2, 0) is 11.3 Å². The lowest BCUT2D eigenvalue weighted by atomic mass is 9.99. The van der Waals surface area contributed by atoms with Crippen LogP contribution in [0.1, 0.15) is 61.0 Å². The van der Waals surface area contributed by atoms with Crippen molar-refractivity contribution in [3.63, 3.8) is 0 Å². The van der Waals surface area contributed by atoms with Crippen LogP contribution in [0, 0.1) is 0 Å². The van der Waals surface area contributed by atoms with Gasteiger partial charge in [0.2, 0.25) is 0 Å². The number of amides is 1. The second kappa shape index (κ2) is 10.6. The molecule has 2 aromatic rings. The van der Waals surface area contributed by atoms with E-state index >= 15 is 0 Å². The monoisotopic (exact) mass is 438 g/mol. The summed E-state index contributed by atoms with van der Waals surface area (Å²) in [6, 6.07) is 15.8. The predicted molar refractivity (Wildman–Crippen MR) is 125 cm³/mol. The van der Waals surface area contributed by atoms with Gasteiger partial charge in [0.05, 0.1) is 13.7 Å². The Morgan fingerprint density at radius 1 is 1.06 bits per heavy atom. The Labute approximate surface area is 190 Å². The highest BCUT2D eigenvalue weighted by Crippen LogP contribution is 2.41. The topological polar surface area (TPSA) is 67.9 Å².